The maximum absolute atomic E-state index is 5.75. The summed E-state index contributed by atoms with van der Waals surface area (Å²) in [5.74, 6) is 1.37. The first-order valence-corrected chi connectivity index (χ1v) is 8.10. The lowest BCUT2D eigenvalue weighted by Gasteiger charge is -2.02. The second kappa shape index (κ2) is 6.88. The zero-order chi connectivity index (χ0) is 15.4. The highest BCUT2D eigenvalue weighted by Crippen LogP contribution is 2.15. The number of hydrogen-bond donors (Lipinski definition) is 0. The third-order valence-corrected chi connectivity index (χ3v) is 4.18. The van der Waals surface area contributed by atoms with Gasteiger partial charge < -0.3 is 4.42 Å². The summed E-state index contributed by atoms with van der Waals surface area (Å²) >= 11 is 3.43. The topological polar surface area (TPSA) is 38.9 Å². The Morgan fingerprint density at radius 1 is 0.909 bits per heavy atom. The summed E-state index contributed by atoms with van der Waals surface area (Å²) in [5.41, 5.74) is 3.80. The van der Waals surface area contributed by atoms with Crippen LogP contribution in [0.4, 0.5) is 0 Å². The van der Waals surface area contributed by atoms with E-state index in [1.165, 1.54) is 11.1 Å². The standard InChI is InChI=1S/C18H17BrN2O/c1-13-4-2-3-5-15(13)8-11-17-20-21-18(22-17)12-14-6-9-16(19)10-7-14/h2-7,9-10H,8,11-12H2,1H3. The van der Waals surface area contributed by atoms with Crippen molar-refractivity contribution in [2.45, 2.75) is 26.2 Å². The summed E-state index contributed by atoms with van der Waals surface area (Å²) in [4.78, 5) is 0. The summed E-state index contributed by atoms with van der Waals surface area (Å²) in [6.07, 6.45) is 2.37. The second-order valence-electron chi connectivity index (χ2n) is 5.32. The largest absolute Gasteiger partial charge is 0.425 e. The van der Waals surface area contributed by atoms with Crippen LogP contribution in [-0.4, -0.2) is 10.2 Å². The molecule has 22 heavy (non-hydrogen) atoms. The zero-order valence-corrected chi connectivity index (χ0v) is 14.0. The average Bonchev–Trinajstić information content (AvgIpc) is 2.96. The van der Waals surface area contributed by atoms with Gasteiger partial charge in [0, 0.05) is 10.9 Å². The van der Waals surface area contributed by atoms with Gasteiger partial charge in [-0.05, 0) is 42.2 Å². The van der Waals surface area contributed by atoms with Gasteiger partial charge in [-0.2, -0.15) is 0 Å². The van der Waals surface area contributed by atoms with Crippen molar-refractivity contribution in [2.75, 3.05) is 0 Å². The van der Waals surface area contributed by atoms with Gasteiger partial charge in [-0.25, -0.2) is 0 Å². The SMILES string of the molecule is Cc1ccccc1CCc1nnc(Cc2ccc(Br)cc2)o1. The molecule has 1 aromatic heterocycles. The van der Waals surface area contributed by atoms with E-state index in [0.29, 0.717) is 18.2 Å². The van der Waals surface area contributed by atoms with Crippen molar-refractivity contribution in [3.63, 3.8) is 0 Å². The van der Waals surface area contributed by atoms with E-state index in [4.69, 9.17) is 4.42 Å². The van der Waals surface area contributed by atoms with Crippen LogP contribution in [0.2, 0.25) is 0 Å². The Balaban J connectivity index is 1.61. The Morgan fingerprint density at radius 3 is 2.41 bits per heavy atom. The maximum Gasteiger partial charge on any atom is 0.220 e. The lowest BCUT2D eigenvalue weighted by molar-refractivity contribution is 0.456. The number of aromatic nitrogens is 2. The van der Waals surface area contributed by atoms with Crippen LogP contribution in [-0.2, 0) is 19.3 Å². The molecule has 0 aliphatic heterocycles. The van der Waals surface area contributed by atoms with Gasteiger partial charge in [-0.1, -0.05) is 52.3 Å². The van der Waals surface area contributed by atoms with Crippen LogP contribution in [0.5, 0.6) is 0 Å². The number of rotatable bonds is 5. The number of nitrogens with zero attached hydrogens (tertiary/aromatic N) is 2. The molecule has 0 fully saturated rings. The molecule has 0 radical (unpaired) electrons. The molecule has 0 atom stereocenters. The molecule has 112 valence electrons. The van der Waals surface area contributed by atoms with E-state index in [-0.39, 0.29) is 0 Å². The molecule has 3 aromatic rings. The van der Waals surface area contributed by atoms with Crippen LogP contribution in [0.3, 0.4) is 0 Å². The minimum absolute atomic E-state index is 0.669. The van der Waals surface area contributed by atoms with Gasteiger partial charge in [0.15, 0.2) is 0 Å². The minimum atomic E-state index is 0.669. The number of benzene rings is 2. The third-order valence-electron chi connectivity index (χ3n) is 3.65. The molecule has 0 aliphatic carbocycles. The Morgan fingerprint density at radius 2 is 1.64 bits per heavy atom. The molecule has 0 unspecified atom stereocenters. The van der Waals surface area contributed by atoms with E-state index >= 15 is 0 Å². The average molecular weight is 357 g/mol. The van der Waals surface area contributed by atoms with Crippen LogP contribution in [0.25, 0.3) is 0 Å². The number of aryl methyl sites for hydroxylation is 3. The van der Waals surface area contributed by atoms with Crippen LogP contribution in [0, 0.1) is 6.92 Å². The summed E-state index contributed by atoms with van der Waals surface area (Å²) < 4.78 is 6.82. The van der Waals surface area contributed by atoms with Crippen LogP contribution >= 0.6 is 15.9 Å². The molecule has 0 N–H and O–H groups in total. The second-order valence-corrected chi connectivity index (χ2v) is 6.23. The quantitative estimate of drug-likeness (QED) is 0.674. The molecule has 0 saturated carbocycles. The van der Waals surface area contributed by atoms with Gasteiger partial charge in [-0.3, -0.25) is 0 Å². The van der Waals surface area contributed by atoms with Crippen molar-refractivity contribution in [2.24, 2.45) is 0 Å². The first kappa shape index (κ1) is 15.0. The predicted molar refractivity (Wildman–Crippen MR) is 89.8 cm³/mol. The molecule has 3 rings (SSSR count). The first-order valence-electron chi connectivity index (χ1n) is 7.31. The zero-order valence-electron chi connectivity index (χ0n) is 12.4. The van der Waals surface area contributed by atoms with Crippen molar-refractivity contribution < 1.29 is 4.42 Å². The molecule has 3 nitrogen and oxygen atoms in total. The molecule has 4 heteroatoms. The van der Waals surface area contributed by atoms with E-state index in [1.807, 2.05) is 12.1 Å². The number of halogens is 1. The van der Waals surface area contributed by atoms with Gasteiger partial charge in [0.2, 0.25) is 11.8 Å². The summed E-state index contributed by atoms with van der Waals surface area (Å²) in [5, 5.41) is 8.29. The van der Waals surface area contributed by atoms with Crippen molar-refractivity contribution in [3.05, 3.63) is 81.5 Å². The molecule has 0 saturated heterocycles. The van der Waals surface area contributed by atoms with E-state index < -0.39 is 0 Å². The highest BCUT2D eigenvalue weighted by Gasteiger charge is 2.08. The highest BCUT2D eigenvalue weighted by molar-refractivity contribution is 9.10. The van der Waals surface area contributed by atoms with Gasteiger partial charge >= 0.3 is 0 Å². The fourth-order valence-corrected chi connectivity index (χ4v) is 2.63. The van der Waals surface area contributed by atoms with Crippen molar-refractivity contribution in [3.8, 4) is 0 Å². The van der Waals surface area contributed by atoms with Crippen LogP contribution in [0.15, 0.2) is 57.4 Å². The normalized spacial score (nSPS) is 10.8. The minimum Gasteiger partial charge on any atom is -0.425 e. The molecular weight excluding hydrogens is 340 g/mol. The molecule has 2 aromatic carbocycles. The van der Waals surface area contributed by atoms with Crippen molar-refractivity contribution >= 4 is 15.9 Å². The van der Waals surface area contributed by atoms with Gasteiger partial charge in [0.25, 0.3) is 0 Å². The molecule has 0 amide bonds. The van der Waals surface area contributed by atoms with E-state index in [1.54, 1.807) is 0 Å². The lowest BCUT2D eigenvalue weighted by Crippen LogP contribution is -1.94. The third kappa shape index (κ3) is 3.83. The number of hydrogen-bond acceptors (Lipinski definition) is 3. The van der Waals surface area contributed by atoms with E-state index in [9.17, 15) is 0 Å². The Labute approximate surface area is 138 Å². The maximum atomic E-state index is 5.75. The Hall–Kier alpha value is -1.94. The molecular formula is C18H17BrN2O. The summed E-state index contributed by atoms with van der Waals surface area (Å²) in [6, 6.07) is 16.5. The fourth-order valence-electron chi connectivity index (χ4n) is 2.37. The van der Waals surface area contributed by atoms with Crippen molar-refractivity contribution in [1.82, 2.24) is 10.2 Å². The summed E-state index contributed by atoms with van der Waals surface area (Å²) in [6.45, 7) is 2.13. The fraction of sp³-hybridized carbons (Fsp3) is 0.222. The Kier molecular flexibility index (Phi) is 4.68. The molecule has 1 heterocycles. The van der Waals surface area contributed by atoms with E-state index in [2.05, 4.69) is 69.4 Å². The van der Waals surface area contributed by atoms with E-state index in [0.717, 1.165) is 22.9 Å². The molecule has 0 aliphatic rings. The van der Waals surface area contributed by atoms with Gasteiger partial charge in [-0.15, -0.1) is 10.2 Å². The lowest BCUT2D eigenvalue weighted by atomic mass is 10.0. The molecule has 0 bridgehead atoms. The summed E-state index contributed by atoms with van der Waals surface area (Å²) in [7, 11) is 0. The smallest absolute Gasteiger partial charge is 0.220 e. The predicted octanol–water partition coefficient (Wildman–Crippen LogP) is 4.52. The first-order chi connectivity index (χ1) is 10.7. The van der Waals surface area contributed by atoms with Gasteiger partial charge in [0.05, 0.1) is 6.42 Å². The van der Waals surface area contributed by atoms with Gasteiger partial charge in [0.1, 0.15) is 0 Å². The van der Waals surface area contributed by atoms with Crippen molar-refractivity contribution in [1.29, 1.82) is 0 Å². The highest BCUT2D eigenvalue weighted by atomic mass is 79.9. The monoisotopic (exact) mass is 356 g/mol. The molecule has 0 spiro atoms. The van der Waals surface area contributed by atoms with Crippen LogP contribution in [0.1, 0.15) is 28.5 Å². The Bertz CT molecular complexity index is 750. The van der Waals surface area contributed by atoms with Crippen LogP contribution < -0.4 is 0 Å².